The maximum Gasteiger partial charge on any atom is 0.223 e. The number of benzene rings is 1. The fraction of sp³-hybridized carbons (Fsp3) is 0.389. The Morgan fingerprint density at radius 3 is 2.78 bits per heavy atom. The highest BCUT2D eigenvalue weighted by atomic mass is 16.5. The second-order valence-corrected chi connectivity index (χ2v) is 5.93. The number of nitrogens with zero attached hydrogens (tertiary/aromatic N) is 2. The second kappa shape index (κ2) is 6.77. The van der Waals surface area contributed by atoms with E-state index in [-0.39, 0.29) is 11.8 Å². The van der Waals surface area contributed by atoms with Gasteiger partial charge in [-0.25, -0.2) is 9.97 Å². The number of aryl methyl sites for hydroxylation is 2. The Balaban J connectivity index is 1.64. The van der Waals surface area contributed by atoms with Gasteiger partial charge in [-0.2, -0.15) is 0 Å². The number of hydrogen-bond acceptors (Lipinski definition) is 4. The van der Waals surface area contributed by atoms with Gasteiger partial charge in [-0.3, -0.25) is 4.79 Å². The van der Waals surface area contributed by atoms with Gasteiger partial charge in [0.15, 0.2) is 0 Å². The van der Waals surface area contributed by atoms with Crippen LogP contribution >= 0.6 is 0 Å². The predicted molar refractivity (Wildman–Crippen MR) is 87.1 cm³/mol. The van der Waals surface area contributed by atoms with Crippen LogP contribution < -0.4 is 10.1 Å². The number of carbonyl (C=O) groups is 1. The van der Waals surface area contributed by atoms with Gasteiger partial charge in [0.2, 0.25) is 5.91 Å². The summed E-state index contributed by atoms with van der Waals surface area (Å²) in [5.41, 5.74) is 2.92. The summed E-state index contributed by atoms with van der Waals surface area (Å²) in [5.74, 6) is 1.50. The molecule has 1 aliphatic heterocycles. The zero-order chi connectivity index (χ0) is 16.2. The average Bonchev–Trinajstić information content (AvgIpc) is 2.74. The lowest BCUT2D eigenvalue weighted by atomic mass is 9.96. The van der Waals surface area contributed by atoms with Gasteiger partial charge in [-0.05, 0) is 44.4 Å². The second-order valence-electron chi connectivity index (χ2n) is 5.93. The molecule has 120 valence electrons. The van der Waals surface area contributed by atoms with E-state index in [0.29, 0.717) is 31.8 Å². The number of para-hydroxylation sites is 1. The minimum atomic E-state index is -0.0791. The van der Waals surface area contributed by atoms with Crippen molar-refractivity contribution in [1.29, 1.82) is 0 Å². The summed E-state index contributed by atoms with van der Waals surface area (Å²) >= 11 is 0. The van der Waals surface area contributed by atoms with E-state index in [9.17, 15) is 4.79 Å². The number of carbonyl (C=O) groups excluding carboxylic acids is 1. The summed E-state index contributed by atoms with van der Waals surface area (Å²) in [6.07, 6.45) is 1.42. The quantitative estimate of drug-likeness (QED) is 0.945. The van der Waals surface area contributed by atoms with E-state index >= 15 is 0 Å². The molecule has 0 saturated heterocycles. The predicted octanol–water partition coefficient (Wildman–Crippen LogP) is 2.35. The molecule has 2 aromatic rings. The van der Waals surface area contributed by atoms with Crippen molar-refractivity contribution in [3.63, 3.8) is 0 Å². The molecule has 0 radical (unpaired) electrons. The summed E-state index contributed by atoms with van der Waals surface area (Å²) in [4.78, 5) is 21.2. The van der Waals surface area contributed by atoms with E-state index in [4.69, 9.17) is 4.74 Å². The average molecular weight is 311 g/mol. The third kappa shape index (κ3) is 3.86. The minimum Gasteiger partial charge on any atom is -0.493 e. The van der Waals surface area contributed by atoms with Crippen LogP contribution in [0.2, 0.25) is 0 Å². The van der Waals surface area contributed by atoms with Crippen LogP contribution in [0.3, 0.4) is 0 Å². The summed E-state index contributed by atoms with van der Waals surface area (Å²) in [6.45, 7) is 4.79. The summed E-state index contributed by atoms with van der Waals surface area (Å²) in [7, 11) is 0. The molecule has 1 aromatic carbocycles. The van der Waals surface area contributed by atoms with Gasteiger partial charge in [0.1, 0.15) is 11.6 Å². The van der Waals surface area contributed by atoms with Gasteiger partial charge in [-0.1, -0.05) is 18.2 Å². The highest BCUT2D eigenvalue weighted by Crippen LogP contribution is 2.26. The molecular formula is C18H21N3O2. The van der Waals surface area contributed by atoms with Gasteiger partial charge in [0.25, 0.3) is 0 Å². The molecule has 1 aromatic heterocycles. The van der Waals surface area contributed by atoms with E-state index in [1.165, 1.54) is 0 Å². The van der Waals surface area contributed by atoms with Crippen molar-refractivity contribution in [2.45, 2.75) is 33.2 Å². The monoisotopic (exact) mass is 311 g/mol. The zero-order valence-corrected chi connectivity index (χ0v) is 13.5. The lowest BCUT2D eigenvalue weighted by Gasteiger charge is -2.13. The zero-order valence-electron chi connectivity index (χ0n) is 13.5. The van der Waals surface area contributed by atoms with E-state index in [0.717, 1.165) is 22.7 Å². The fourth-order valence-electron chi connectivity index (χ4n) is 2.90. The lowest BCUT2D eigenvalue weighted by molar-refractivity contribution is -0.125. The van der Waals surface area contributed by atoms with Crippen LogP contribution in [-0.4, -0.2) is 22.5 Å². The van der Waals surface area contributed by atoms with Crippen molar-refractivity contribution < 1.29 is 9.53 Å². The Labute approximate surface area is 136 Å². The molecule has 3 rings (SSSR count). The van der Waals surface area contributed by atoms with Crippen LogP contribution in [0.4, 0.5) is 0 Å². The van der Waals surface area contributed by atoms with Gasteiger partial charge in [-0.15, -0.1) is 0 Å². The summed E-state index contributed by atoms with van der Waals surface area (Å²) in [6, 6.07) is 9.83. The van der Waals surface area contributed by atoms with Crippen molar-refractivity contribution in [1.82, 2.24) is 15.3 Å². The molecule has 1 aliphatic rings. The molecule has 1 N–H and O–H groups in total. The van der Waals surface area contributed by atoms with Gasteiger partial charge in [0, 0.05) is 17.3 Å². The summed E-state index contributed by atoms with van der Waals surface area (Å²) in [5, 5.41) is 2.96. The van der Waals surface area contributed by atoms with E-state index < -0.39 is 0 Å². The molecule has 1 amide bonds. The third-order valence-corrected chi connectivity index (χ3v) is 3.98. The smallest absolute Gasteiger partial charge is 0.223 e. The number of ether oxygens (including phenoxy) is 1. The first kappa shape index (κ1) is 15.5. The van der Waals surface area contributed by atoms with E-state index in [1.54, 1.807) is 0 Å². The molecule has 23 heavy (non-hydrogen) atoms. The molecule has 5 nitrogen and oxygen atoms in total. The maximum absolute atomic E-state index is 12.5. The normalized spacial score (nSPS) is 16.9. The third-order valence-electron chi connectivity index (χ3n) is 3.98. The highest BCUT2D eigenvalue weighted by molar-refractivity contribution is 5.79. The molecule has 0 bridgehead atoms. The number of aromatic nitrogens is 2. The first-order valence-corrected chi connectivity index (χ1v) is 7.91. The van der Waals surface area contributed by atoms with Crippen molar-refractivity contribution in [2.24, 2.45) is 5.92 Å². The number of rotatable bonds is 3. The molecule has 0 fully saturated rings. The Kier molecular flexibility index (Phi) is 4.55. The maximum atomic E-state index is 12.5. The van der Waals surface area contributed by atoms with E-state index in [1.807, 2.05) is 44.2 Å². The number of hydrogen-bond donors (Lipinski definition) is 1. The van der Waals surface area contributed by atoms with Gasteiger partial charge >= 0.3 is 0 Å². The molecule has 0 spiro atoms. The van der Waals surface area contributed by atoms with Crippen molar-refractivity contribution in [3.05, 3.63) is 53.1 Å². The standard InChI is InChI=1S/C18H21N3O2/c1-12-9-13(2)21-17(20-12)11-19-18(22)15-7-8-23-16-6-4-3-5-14(16)10-15/h3-6,9,15H,7-8,10-11H2,1-2H3,(H,19,22)/t15-/m0/s1. The van der Waals surface area contributed by atoms with Gasteiger partial charge in [0.05, 0.1) is 13.2 Å². The Bertz CT molecular complexity index is 695. The minimum absolute atomic E-state index is 0.0352. The molecule has 0 unspecified atom stereocenters. The van der Waals surface area contributed by atoms with Crippen molar-refractivity contribution in [2.75, 3.05) is 6.61 Å². The Morgan fingerprint density at radius 1 is 1.26 bits per heavy atom. The highest BCUT2D eigenvalue weighted by Gasteiger charge is 2.23. The Morgan fingerprint density at radius 2 is 2.00 bits per heavy atom. The van der Waals surface area contributed by atoms with Crippen LogP contribution in [0.1, 0.15) is 29.2 Å². The van der Waals surface area contributed by atoms with Crippen LogP contribution in [0.25, 0.3) is 0 Å². The molecule has 0 saturated carbocycles. The first-order valence-electron chi connectivity index (χ1n) is 7.91. The molecule has 1 atom stereocenters. The molecule has 0 aliphatic carbocycles. The molecule has 2 heterocycles. The largest absolute Gasteiger partial charge is 0.493 e. The topological polar surface area (TPSA) is 64.1 Å². The number of nitrogens with one attached hydrogen (secondary N) is 1. The Hall–Kier alpha value is -2.43. The van der Waals surface area contributed by atoms with Crippen LogP contribution in [-0.2, 0) is 17.8 Å². The molecular weight excluding hydrogens is 290 g/mol. The van der Waals surface area contributed by atoms with Gasteiger partial charge < -0.3 is 10.1 Å². The van der Waals surface area contributed by atoms with Crippen molar-refractivity contribution >= 4 is 5.91 Å². The van der Waals surface area contributed by atoms with Crippen LogP contribution in [0, 0.1) is 19.8 Å². The lowest BCUT2D eigenvalue weighted by Crippen LogP contribution is -2.32. The first-order chi connectivity index (χ1) is 11.1. The van der Waals surface area contributed by atoms with E-state index in [2.05, 4.69) is 15.3 Å². The number of amides is 1. The molecule has 5 heteroatoms. The number of fused-ring (bicyclic) bond motifs is 1. The summed E-state index contributed by atoms with van der Waals surface area (Å²) < 4.78 is 5.72. The van der Waals surface area contributed by atoms with Crippen LogP contribution in [0.15, 0.2) is 30.3 Å². The fourth-order valence-corrected chi connectivity index (χ4v) is 2.90. The SMILES string of the molecule is Cc1cc(C)nc(CNC(=O)[C@H]2CCOc3ccccc3C2)n1. The van der Waals surface area contributed by atoms with Crippen molar-refractivity contribution in [3.8, 4) is 5.75 Å². The van der Waals surface area contributed by atoms with Crippen LogP contribution in [0.5, 0.6) is 5.75 Å².